The van der Waals surface area contributed by atoms with Crippen LogP contribution in [0.15, 0.2) is 23.4 Å². The second-order valence-electron chi connectivity index (χ2n) is 5.58. The van der Waals surface area contributed by atoms with Crippen molar-refractivity contribution >= 4 is 11.6 Å². The zero-order valence-electron chi connectivity index (χ0n) is 14.6. The summed E-state index contributed by atoms with van der Waals surface area (Å²) in [5.74, 6) is 5.92. The van der Waals surface area contributed by atoms with Gasteiger partial charge in [-0.05, 0) is 44.0 Å². The summed E-state index contributed by atoms with van der Waals surface area (Å²) < 4.78 is 5.29. The average molecular weight is 316 g/mol. The van der Waals surface area contributed by atoms with Crippen LogP contribution in [0.1, 0.15) is 30.5 Å². The van der Waals surface area contributed by atoms with Gasteiger partial charge in [-0.2, -0.15) is 0 Å². The zero-order chi connectivity index (χ0) is 17.5. The summed E-state index contributed by atoms with van der Waals surface area (Å²) in [6.07, 6.45) is 0.378. The first-order chi connectivity index (χ1) is 10.8. The summed E-state index contributed by atoms with van der Waals surface area (Å²) in [6, 6.07) is 5.89. The van der Waals surface area contributed by atoms with Gasteiger partial charge in [-0.3, -0.25) is 4.79 Å². The molecular formula is C18H24N2O3. The summed E-state index contributed by atoms with van der Waals surface area (Å²) in [5.41, 5.74) is 2.72. The molecule has 0 aromatic heterocycles. The molecule has 0 saturated heterocycles. The van der Waals surface area contributed by atoms with E-state index in [2.05, 4.69) is 22.3 Å². The van der Waals surface area contributed by atoms with Crippen molar-refractivity contribution in [3.05, 3.63) is 34.9 Å². The van der Waals surface area contributed by atoms with Crippen LogP contribution in [0.25, 0.3) is 0 Å². The first-order valence-electron chi connectivity index (χ1n) is 7.33. The van der Waals surface area contributed by atoms with Gasteiger partial charge in [0.15, 0.2) is 0 Å². The number of oxime groups is 1. The minimum atomic E-state index is -0.504. The second kappa shape index (κ2) is 8.35. The van der Waals surface area contributed by atoms with Gasteiger partial charge < -0.3 is 14.9 Å². The standard InChI is InChI=1S/C18H24N2O3/c1-13-7-8-14(9-10-18(2,3)22-5)11-15(13)12-16(20-23-6)17(21)19-4/h7-8,11H,12H2,1-6H3,(H,19,21)/b20-16+. The van der Waals surface area contributed by atoms with Crippen molar-refractivity contribution in [3.8, 4) is 11.8 Å². The average Bonchev–Trinajstić information content (AvgIpc) is 2.54. The summed E-state index contributed by atoms with van der Waals surface area (Å²) in [7, 11) is 4.62. The lowest BCUT2D eigenvalue weighted by Gasteiger charge is -2.14. The number of nitrogens with one attached hydrogen (secondary N) is 1. The first-order valence-corrected chi connectivity index (χ1v) is 7.33. The molecule has 0 saturated carbocycles. The van der Waals surface area contributed by atoms with Gasteiger partial charge in [0, 0.05) is 26.1 Å². The number of nitrogens with zero attached hydrogens (tertiary/aromatic N) is 1. The Labute approximate surface area is 138 Å². The van der Waals surface area contributed by atoms with Crippen LogP contribution in [0, 0.1) is 18.8 Å². The van der Waals surface area contributed by atoms with E-state index >= 15 is 0 Å². The first kappa shape index (κ1) is 18.7. The van der Waals surface area contributed by atoms with E-state index in [9.17, 15) is 4.79 Å². The Kier molecular flexibility index (Phi) is 6.80. The number of rotatable bonds is 5. The Morgan fingerprint density at radius 3 is 2.61 bits per heavy atom. The lowest BCUT2D eigenvalue weighted by molar-refractivity contribution is -0.114. The van der Waals surface area contributed by atoms with Crippen molar-refractivity contribution in [1.82, 2.24) is 5.32 Å². The maximum Gasteiger partial charge on any atom is 0.269 e. The van der Waals surface area contributed by atoms with Crippen LogP contribution >= 0.6 is 0 Å². The number of methoxy groups -OCH3 is 1. The number of carbonyl (C=O) groups excluding carboxylic acids is 1. The van der Waals surface area contributed by atoms with Crippen LogP contribution in [-0.4, -0.2) is 38.5 Å². The molecule has 0 spiro atoms. The minimum absolute atomic E-state index is 0.261. The van der Waals surface area contributed by atoms with Gasteiger partial charge in [0.25, 0.3) is 5.91 Å². The Bertz CT molecular complexity index is 652. The molecule has 1 amide bonds. The Hall–Kier alpha value is -2.32. The van der Waals surface area contributed by atoms with Crippen LogP contribution < -0.4 is 5.32 Å². The molecule has 23 heavy (non-hydrogen) atoms. The topological polar surface area (TPSA) is 59.9 Å². The monoisotopic (exact) mass is 316 g/mol. The second-order valence-corrected chi connectivity index (χ2v) is 5.58. The summed E-state index contributed by atoms with van der Waals surface area (Å²) >= 11 is 0. The maximum atomic E-state index is 11.8. The fraction of sp³-hybridized carbons (Fsp3) is 0.444. The molecule has 0 radical (unpaired) electrons. The third-order valence-electron chi connectivity index (χ3n) is 3.42. The largest absolute Gasteiger partial charge is 0.399 e. The summed E-state index contributed by atoms with van der Waals surface area (Å²) in [6.45, 7) is 5.80. The SMILES string of the molecule is CNC(=O)/C(Cc1cc(C#CC(C)(C)OC)ccc1C)=N/OC. The van der Waals surface area contributed by atoms with Gasteiger partial charge in [-0.1, -0.05) is 23.1 Å². The number of amides is 1. The van der Waals surface area contributed by atoms with Gasteiger partial charge in [0.1, 0.15) is 18.4 Å². The minimum Gasteiger partial charge on any atom is -0.399 e. The van der Waals surface area contributed by atoms with Crippen molar-refractivity contribution in [2.45, 2.75) is 32.8 Å². The van der Waals surface area contributed by atoms with Gasteiger partial charge in [0.05, 0.1) is 0 Å². The Morgan fingerprint density at radius 1 is 1.35 bits per heavy atom. The molecule has 0 heterocycles. The van der Waals surface area contributed by atoms with E-state index in [1.54, 1.807) is 14.2 Å². The van der Waals surface area contributed by atoms with E-state index in [-0.39, 0.29) is 5.91 Å². The number of benzene rings is 1. The van der Waals surface area contributed by atoms with Crippen LogP contribution in [0.3, 0.4) is 0 Å². The van der Waals surface area contributed by atoms with E-state index in [0.29, 0.717) is 12.1 Å². The highest BCUT2D eigenvalue weighted by molar-refractivity contribution is 6.39. The molecule has 0 aliphatic carbocycles. The normalized spacial score (nSPS) is 11.5. The third-order valence-corrected chi connectivity index (χ3v) is 3.42. The fourth-order valence-corrected chi connectivity index (χ4v) is 1.80. The molecule has 0 unspecified atom stereocenters. The number of aryl methyl sites for hydroxylation is 1. The van der Waals surface area contributed by atoms with E-state index in [1.807, 2.05) is 39.0 Å². The molecule has 0 bridgehead atoms. The van der Waals surface area contributed by atoms with Crippen LogP contribution in [0.4, 0.5) is 0 Å². The van der Waals surface area contributed by atoms with Crippen molar-refractivity contribution in [1.29, 1.82) is 0 Å². The molecule has 1 aromatic rings. The van der Waals surface area contributed by atoms with E-state index in [4.69, 9.17) is 9.57 Å². The van der Waals surface area contributed by atoms with Crippen LogP contribution in [0.2, 0.25) is 0 Å². The smallest absolute Gasteiger partial charge is 0.269 e. The molecule has 0 atom stereocenters. The summed E-state index contributed by atoms with van der Waals surface area (Å²) in [4.78, 5) is 16.6. The predicted octanol–water partition coefficient (Wildman–Crippen LogP) is 2.06. The molecule has 5 nitrogen and oxygen atoms in total. The van der Waals surface area contributed by atoms with E-state index in [1.165, 1.54) is 7.11 Å². The summed E-state index contributed by atoms with van der Waals surface area (Å²) in [5, 5.41) is 6.37. The van der Waals surface area contributed by atoms with Gasteiger partial charge in [-0.15, -0.1) is 0 Å². The third kappa shape index (κ3) is 5.76. The number of hydrogen-bond donors (Lipinski definition) is 1. The van der Waals surface area contributed by atoms with E-state index in [0.717, 1.165) is 16.7 Å². The molecular weight excluding hydrogens is 292 g/mol. The van der Waals surface area contributed by atoms with Crippen molar-refractivity contribution in [2.24, 2.45) is 5.16 Å². The molecule has 1 N–H and O–H groups in total. The van der Waals surface area contributed by atoms with Crippen molar-refractivity contribution in [2.75, 3.05) is 21.3 Å². The highest BCUT2D eigenvalue weighted by Crippen LogP contribution is 2.13. The highest BCUT2D eigenvalue weighted by Gasteiger charge is 2.14. The van der Waals surface area contributed by atoms with Gasteiger partial charge in [-0.25, -0.2) is 0 Å². The number of carbonyl (C=O) groups is 1. The molecule has 0 aliphatic heterocycles. The van der Waals surface area contributed by atoms with Crippen molar-refractivity contribution in [3.63, 3.8) is 0 Å². The molecule has 5 heteroatoms. The molecule has 0 fully saturated rings. The fourth-order valence-electron chi connectivity index (χ4n) is 1.80. The van der Waals surface area contributed by atoms with Crippen LogP contribution in [0.5, 0.6) is 0 Å². The lowest BCUT2D eigenvalue weighted by atomic mass is 9.99. The molecule has 0 aliphatic rings. The molecule has 1 aromatic carbocycles. The predicted molar refractivity (Wildman–Crippen MR) is 91.4 cm³/mol. The Morgan fingerprint density at radius 2 is 2.04 bits per heavy atom. The Balaban J connectivity index is 3.11. The van der Waals surface area contributed by atoms with E-state index < -0.39 is 5.60 Å². The van der Waals surface area contributed by atoms with Gasteiger partial charge >= 0.3 is 0 Å². The highest BCUT2D eigenvalue weighted by atomic mass is 16.6. The van der Waals surface area contributed by atoms with Crippen molar-refractivity contribution < 1.29 is 14.4 Å². The number of ether oxygens (including phenoxy) is 1. The van der Waals surface area contributed by atoms with Gasteiger partial charge in [0.2, 0.25) is 0 Å². The maximum absolute atomic E-state index is 11.8. The zero-order valence-corrected chi connectivity index (χ0v) is 14.6. The number of hydrogen-bond acceptors (Lipinski definition) is 4. The quantitative estimate of drug-likeness (QED) is 0.514. The lowest BCUT2D eigenvalue weighted by Crippen LogP contribution is -2.29. The van der Waals surface area contributed by atoms with Crippen LogP contribution in [-0.2, 0) is 20.8 Å². The molecule has 124 valence electrons. The molecule has 1 rings (SSSR count).